The Kier molecular flexibility index (Phi) is 10.0. The first kappa shape index (κ1) is 26.0. The minimum absolute atomic E-state index is 0.0494. The third-order valence-corrected chi connectivity index (χ3v) is 5.51. The molecule has 178 valence electrons. The highest BCUT2D eigenvalue weighted by atomic mass is 32.2. The van der Waals surface area contributed by atoms with Gasteiger partial charge in [-0.1, -0.05) is 19.8 Å². The second kappa shape index (κ2) is 12.7. The van der Waals surface area contributed by atoms with Crippen LogP contribution < -0.4 is 15.2 Å². The average Bonchev–Trinajstić information content (AvgIpc) is 2.79. The van der Waals surface area contributed by atoms with Crippen LogP contribution in [-0.2, 0) is 24.3 Å². The Balaban J connectivity index is 1.70. The van der Waals surface area contributed by atoms with E-state index in [2.05, 4.69) is 12.2 Å². The number of nitrogens with one attached hydrogen (secondary N) is 1. The zero-order chi connectivity index (χ0) is 24.3. The van der Waals surface area contributed by atoms with Crippen molar-refractivity contribution in [3.05, 3.63) is 54.1 Å². The first-order valence-corrected chi connectivity index (χ1v) is 12.1. The highest BCUT2D eigenvalue weighted by molar-refractivity contribution is 7.89. The molecule has 0 radical (unpaired) electrons. The number of sulfonamides is 1. The molecule has 1 amide bonds. The number of primary sulfonamides is 1. The highest BCUT2D eigenvalue weighted by Gasteiger charge is 2.13. The minimum Gasteiger partial charge on any atom is -0.494 e. The Labute approximate surface area is 193 Å². The van der Waals surface area contributed by atoms with Crippen LogP contribution in [0.4, 0.5) is 5.69 Å². The summed E-state index contributed by atoms with van der Waals surface area (Å²) >= 11 is 0. The molecule has 33 heavy (non-hydrogen) atoms. The van der Waals surface area contributed by atoms with Gasteiger partial charge in [0.1, 0.15) is 5.75 Å². The molecule has 9 nitrogen and oxygen atoms in total. The SMILES string of the molecule is CCCCCOc1ccc(C(=O)CCC(=O)OCC(=O)Nc2ccc(S(N)(=O)=O)cc2)cc1. The molecule has 0 spiro atoms. The molecule has 2 aromatic rings. The van der Waals surface area contributed by atoms with Crippen molar-refractivity contribution < 1.29 is 32.3 Å². The molecule has 0 atom stereocenters. The van der Waals surface area contributed by atoms with Crippen LogP contribution in [0.3, 0.4) is 0 Å². The summed E-state index contributed by atoms with van der Waals surface area (Å²) in [7, 11) is -3.83. The highest BCUT2D eigenvalue weighted by Crippen LogP contribution is 2.15. The van der Waals surface area contributed by atoms with Crippen LogP contribution in [0.5, 0.6) is 5.75 Å². The number of benzene rings is 2. The van der Waals surface area contributed by atoms with Gasteiger partial charge in [0.2, 0.25) is 10.0 Å². The zero-order valence-corrected chi connectivity index (χ0v) is 19.2. The molecule has 2 aromatic carbocycles. The monoisotopic (exact) mass is 476 g/mol. The Morgan fingerprint density at radius 1 is 0.939 bits per heavy atom. The number of hydrogen-bond donors (Lipinski definition) is 2. The number of rotatable bonds is 13. The number of carbonyl (C=O) groups excluding carboxylic acids is 3. The lowest BCUT2D eigenvalue weighted by molar-refractivity contribution is -0.147. The van der Waals surface area contributed by atoms with Crippen LogP contribution in [0.25, 0.3) is 0 Å². The Morgan fingerprint density at radius 3 is 2.21 bits per heavy atom. The van der Waals surface area contributed by atoms with E-state index >= 15 is 0 Å². The topological polar surface area (TPSA) is 142 Å². The molecule has 3 N–H and O–H groups in total. The van der Waals surface area contributed by atoms with Gasteiger partial charge in [0.15, 0.2) is 12.4 Å². The number of esters is 1. The predicted molar refractivity (Wildman–Crippen MR) is 122 cm³/mol. The van der Waals surface area contributed by atoms with E-state index in [4.69, 9.17) is 14.6 Å². The van der Waals surface area contributed by atoms with Crippen molar-refractivity contribution in [1.29, 1.82) is 0 Å². The van der Waals surface area contributed by atoms with Gasteiger partial charge in [-0.05, 0) is 55.0 Å². The van der Waals surface area contributed by atoms with Crippen molar-refractivity contribution in [2.45, 2.75) is 43.9 Å². The second-order valence-electron chi connectivity index (χ2n) is 7.28. The van der Waals surface area contributed by atoms with Crippen molar-refractivity contribution in [1.82, 2.24) is 0 Å². The molecule has 0 aliphatic rings. The molecule has 0 saturated heterocycles. The number of ketones is 1. The number of unbranched alkanes of at least 4 members (excludes halogenated alkanes) is 2. The number of Topliss-reactive ketones (excluding diaryl/α,β-unsaturated/α-hetero) is 1. The molecular formula is C23H28N2O7S. The van der Waals surface area contributed by atoms with Crippen LogP contribution in [0.2, 0.25) is 0 Å². The fourth-order valence-corrected chi connectivity index (χ4v) is 3.30. The minimum atomic E-state index is -3.83. The quantitative estimate of drug-likeness (QED) is 0.257. The first-order chi connectivity index (χ1) is 15.7. The summed E-state index contributed by atoms with van der Waals surface area (Å²) in [6, 6.07) is 11.9. The van der Waals surface area contributed by atoms with Crippen LogP contribution in [0, 0.1) is 0 Å². The fourth-order valence-electron chi connectivity index (χ4n) is 2.78. The van der Waals surface area contributed by atoms with E-state index in [1.807, 2.05) is 0 Å². The molecule has 0 heterocycles. The van der Waals surface area contributed by atoms with E-state index in [9.17, 15) is 22.8 Å². The maximum absolute atomic E-state index is 12.3. The Morgan fingerprint density at radius 2 is 1.61 bits per heavy atom. The molecule has 2 rings (SSSR count). The van der Waals surface area contributed by atoms with E-state index in [0.717, 1.165) is 19.3 Å². The molecule has 0 aliphatic carbocycles. The Hall–Kier alpha value is -3.24. The number of carbonyl (C=O) groups is 3. The largest absolute Gasteiger partial charge is 0.494 e. The van der Waals surface area contributed by atoms with E-state index in [-0.39, 0.29) is 23.5 Å². The maximum Gasteiger partial charge on any atom is 0.306 e. The molecule has 0 saturated carbocycles. The second-order valence-corrected chi connectivity index (χ2v) is 8.84. The van der Waals surface area contributed by atoms with Crippen molar-refractivity contribution in [3.63, 3.8) is 0 Å². The normalized spacial score (nSPS) is 11.0. The smallest absolute Gasteiger partial charge is 0.306 e. The third-order valence-electron chi connectivity index (χ3n) is 4.58. The van der Waals surface area contributed by atoms with Gasteiger partial charge in [-0.3, -0.25) is 14.4 Å². The van der Waals surface area contributed by atoms with E-state index in [1.165, 1.54) is 24.3 Å². The van der Waals surface area contributed by atoms with Crippen molar-refractivity contribution in [2.75, 3.05) is 18.5 Å². The number of anilines is 1. The lowest BCUT2D eigenvalue weighted by Gasteiger charge is -2.08. The summed E-state index contributed by atoms with van der Waals surface area (Å²) in [5.74, 6) is -0.817. The van der Waals surface area contributed by atoms with E-state index < -0.39 is 28.5 Å². The lowest BCUT2D eigenvalue weighted by atomic mass is 10.1. The average molecular weight is 477 g/mol. The zero-order valence-electron chi connectivity index (χ0n) is 18.4. The Bertz CT molecular complexity index is 1050. The van der Waals surface area contributed by atoms with Crippen LogP contribution in [-0.4, -0.2) is 39.3 Å². The summed E-state index contributed by atoms with van der Waals surface area (Å²) in [5, 5.41) is 7.47. The molecule has 10 heteroatoms. The lowest BCUT2D eigenvalue weighted by Crippen LogP contribution is -2.21. The fraction of sp³-hybridized carbons (Fsp3) is 0.348. The van der Waals surface area contributed by atoms with Crippen molar-refractivity contribution in [2.24, 2.45) is 5.14 Å². The number of ether oxygens (including phenoxy) is 2. The first-order valence-electron chi connectivity index (χ1n) is 10.5. The van der Waals surface area contributed by atoms with Crippen LogP contribution in [0.1, 0.15) is 49.4 Å². The molecular weight excluding hydrogens is 448 g/mol. The third kappa shape index (κ3) is 9.42. The summed E-state index contributed by atoms with van der Waals surface area (Å²) in [6.07, 6.45) is 2.97. The van der Waals surface area contributed by atoms with Gasteiger partial charge < -0.3 is 14.8 Å². The van der Waals surface area contributed by atoms with Crippen molar-refractivity contribution >= 4 is 33.4 Å². The number of hydrogen-bond acceptors (Lipinski definition) is 7. The summed E-state index contributed by atoms with van der Waals surface area (Å²) in [5.41, 5.74) is 0.779. The van der Waals surface area contributed by atoms with Crippen LogP contribution >= 0.6 is 0 Å². The van der Waals surface area contributed by atoms with Gasteiger partial charge in [-0.2, -0.15) is 0 Å². The molecule has 0 aromatic heterocycles. The molecule has 0 unspecified atom stereocenters. The van der Waals surface area contributed by atoms with E-state index in [1.54, 1.807) is 24.3 Å². The number of nitrogens with two attached hydrogens (primary N) is 1. The van der Waals surface area contributed by atoms with E-state index in [0.29, 0.717) is 23.6 Å². The predicted octanol–water partition coefficient (Wildman–Crippen LogP) is 3.05. The van der Waals surface area contributed by atoms with Gasteiger partial charge in [0.05, 0.1) is 17.9 Å². The molecule has 0 fully saturated rings. The van der Waals surface area contributed by atoms with Crippen LogP contribution in [0.15, 0.2) is 53.4 Å². The molecule has 0 aliphatic heterocycles. The van der Waals surface area contributed by atoms with Crippen molar-refractivity contribution in [3.8, 4) is 5.75 Å². The van der Waals surface area contributed by atoms with Gasteiger partial charge >= 0.3 is 5.97 Å². The standard InChI is InChI=1S/C23H28N2O7S/c1-2-3-4-15-31-19-9-5-17(6-10-19)21(26)13-14-23(28)32-16-22(27)25-18-7-11-20(12-8-18)33(24,29)30/h5-12H,2-4,13-16H2,1H3,(H,25,27)(H2,24,29,30). The molecule has 0 bridgehead atoms. The van der Waals surface area contributed by atoms with Gasteiger partial charge in [-0.15, -0.1) is 0 Å². The van der Waals surface area contributed by atoms with Gasteiger partial charge in [0, 0.05) is 17.7 Å². The van der Waals surface area contributed by atoms with Gasteiger partial charge in [-0.25, -0.2) is 13.6 Å². The summed E-state index contributed by atoms with van der Waals surface area (Å²) in [6.45, 7) is 2.21. The summed E-state index contributed by atoms with van der Waals surface area (Å²) < 4.78 is 32.9. The maximum atomic E-state index is 12.3. The summed E-state index contributed by atoms with van der Waals surface area (Å²) in [4.78, 5) is 35.9. The van der Waals surface area contributed by atoms with Gasteiger partial charge in [0.25, 0.3) is 5.91 Å². The number of amides is 1.